The molecule has 0 radical (unpaired) electrons. The molecule has 386 valence electrons. The number of carbonyl (C=O) groups is 8. The summed E-state index contributed by atoms with van der Waals surface area (Å²) >= 11 is 0. The number of likely N-dealkylation sites (N-methyl/N-ethyl adjacent to an activating group) is 1. The number of nitrogens with zero attached hydrogens (tertiary/aromatic N) is 5. The molecular formula is C45H70N14O11. The van der Waals surface area contributed by atoms with Gasteiger partial charge in [-0.3, -0.25) is 38.4 Å². The summed E-state index contributed by atoms with van der Waals surface area (Å²) in [4.78, 5) is 130. The third-order valence-corrected chi connectivity index (χ3v) is 11.7. The van der Waals surface area contributed by atoms with E-state index in [9.17, 15) is 53.6 Å². The van der Waals surface area contributed by atoms with Gasteiger partial charge in [0.15, 0.2) is 10.8 Å². The minimum absolute atomic E-state index is 0.0177. The van der Waals surface area contributed by atoms with E-state index in [1.165, 1.54) is 36.5 Å². The quantitative estimate of drug-likeness (QED) is 0.0161. The average Bonchev–Trinajstić information content (AvgIpc) is 4.00. The van der Waals surface area contributed by atoms with Crippen LogP contribution in [-0.4, -0.2) is 159 Å². The van der Waals surface area contributed by atoms with E-state index in [1.807, 2.05) is 0 Å². The van der Waals surface area contributed by atoms with Crippen LogP contribution in [0.4, 0.5) is 0 Å². The second-order valence-electron chi connectivity index (χ2n) is 18.1. The van der Waals surface area contributed by atoms with Crippen LogP contribution in [0.15, 0.2) is 41.9 Å². The molecule has 0 saturated carbocycles. The van der Waals surface area contributed by atoms with Crippen molar-refractivity contribution in [3.05, 3.63) is 58.2 Å². The largest absolute Gasteiger partial charge is 0.508 e. The number of aromatic amines is 1. The van der Waals surface area contributed by atoms with Gasteiger partial charge in [0.1, 0.15) is 47.1 Å². The fourth-order valence-corrected chi connectivity index (χ4v) is 7.52. The molecule has 0 spiro atoms. The normalized spacial score (nSPS) is 16.7. The first-order chi connectivity index (χ1) is 33.0. The zero-order chi connectivity index (χ0) is 52.2. The first-order valence-corrected chi connectivity index (χ1v) is 23.2. The third-order valence-electron chi connectivity index (χ3n) is 11.7. The van der Waals surface area contributed by atoms with E-state index in [-0.39, 0.29) is 56.9 Å². The number of Topliss-reactive ketones (excluding diaryl/α,β-unsaturated/α-hetero) is 1. The minimum Gasteiger partial charge on any atom is -0.508 e. The van der Waals surface area contributed by atoms with Crippen molar-refractivity contribution in [3.63, 3.8) is 0 Å². The molecule has 25 heteroatoms. The lowest BCUT2D eigenvalue weighted by Gasteiger charge is -2.32. The molecule has 2 unspecified atom stereocenters. The molecular weight excluding hydrogens is 913 g/mol. The van der Waals surface area contributed by atoms with E-state index in [1.54, 1.807) is 65.7 Å². The Morgan fingerprint density at radius 1 is 0.900 bits per heavy atom. The zero-order valence-corrected chi connectivity index (χ0v) is 41.1. The highest BCUT2D eigenvalue weighted by Crippen LogP contribution is 2.21. The number of hydrogen-bond acceptors (Lipinski definition) is 13. The van der Waals surface area contributed by atoms with Crippen LogP contribution in [0.3, 0.4) is 0 Å². The number of phenols is 1. The Morgan fingerprint density at radius 3 is 2.11 bits per heavy atom. The molecule has 1 aliphatic rings. The lowest BCUT2D eigenvalue weighted by molar-refractivity contribution is -0.485. The number of nitro groups is 1. The van der Waals surface area contributed by atoms with Gasteiger partial charge in [0.25, 0.3) is 5.96 Å². The topological polar surface area (TPSA) is 358 Å². The predicted molar refractivity (Wildman–Crippen MR) is 255 cm³/mol. The van der Waals surface area contributed by atoms with E-state index < -0.39 is 106 Å². The number of amides is 7. The monoisotopic (exact) mass is 983 g/mol. The second kappa shape index (κ2) is 27.7. The molecule has 7 amide bonds. The van der Waals surface area contributed by atoms with Crippen LogP contribution >= 0.6 is 0 Å². The SMILES string of the molecule is CCC(C)[C@H](NC(=O)[C@H](Cc1ccc(O)cc1)NC(=O)[C@@H](NC(=O)[C@H](CCCN/C(N)=N\[N+](=O)[O-])NC(=O)CN(C)C)C(C)C)C(=O)N[C@@H](Cc1cnc[nH]1)C(=O)N1CCCC1C(=O)N[C@H](C)C(C)=O. The molecule has 3 rings (SSSR count). The fourth-order valence-electron chi connectivity index (χ4n) is 7.52. The number of H-pyrrole nitrogens is 1. The Kier molecular flexibility index (Phi) is 22.6. The van der Waals surface area contributed by atoms with Crippen LogP contribution in [0.25, 0.3) is 0 Å². The van der Waals surface area contributed by atoms with Crippen molar-refractivity contribution in [2.45, 2.75) is 129 Å². The highest BCUT2D eigenvalue weighted by atomic mass is 16.7. The van der Waals surface area contributed by atoms with Crippen molar-refractivity contribution < 1.29 is 48.5 Å². The molecule has 2 heterocycles. The Balaban J connectivity index is 1.91. The molecule has 0 bridgehead atoms. The summed E-state index contributed by atoms with van der Waals surface area (Å²) in [6, 6.07) is -2.07. The number of hydrazone groups is 1. The van der Waals surface area contributed by atoms with Gasteiger partial charge < -0.3 is 62.8 Å². The van der Waals surface area contributed by atoms with Crippen LogP contribution < -0.4 is 43.0 Å². The molecule has 8 atom stereocenters. The Morgan fingerprint density at radius 2 is 1.53 bits per heavy atom. The van der Waals surface area contributed by atoms with Gasteiger partial charge in [-0.05, 0) is 83.2 Å². The Hall–Kier alpha value is -7.18. The molecule has 25 nitrogen and oxygen atoms in total. The molecule has 1 fully saturated rings. The molecule has 1 aliphatic heterocycles. The van der Waals surface area contributed by atoms with Crippen molar-refractivity contribution in [2.75, 3.05) is 33.7 Å². The van der Waals surface area contributed by atoms with Gasteiger partial charge in [-0.25, -0.2) is 15.1 Å². The molecule has 11 N–H and O–H groups in total. The minimum atomic E-state index is -1.37. The molecule has 0 aliphatic carbocycles. The van der Waals surface area contributed by atoms with E-state index in [0.717, 1.165) is 0 Å². The number of carbonyl (C=O) groups excluding carboxylic acids is 8. The molecule has 1 aromatic heterocycles. The van der Waals surface area contributed by atoms with E-state index in [0.29, 0.717) is 30.5 Å². The number of ketones is 1. The summed E-state index contributed by atoms with van der Waals surface area (Å²) in [5, 5.41) is 41.6. The number of benzene rings is 1. The van der Waals surface area contributed by atoms with Crippen molar-refractivity contribution >= 4 is 53.1 Å². The summed E-state index contributed by atoms with van der Waals surface area (Å²) in [5.41, 5.74) is 6.52. The fraction of sp³-hybridized carbons (Fsp3) is 0.600. The number of rotatable bonds is 27. The van der Waals surface area contributed by atoms with Crippen molar-refractivity contribution in [1.29, 1.82) is 0 Å². The summed E-state index contributed by atoms with van der Waals surface area (Å²) in [6.45, 7) is 9.94. The van der Waals surface area contributed by atoms with Crippen LogP contribution in [0.1, 0.15) is 84.9 Å². The number of imidazole rings is 1. The van der Waals surface area contributed by atoms with Gasteiger partial charge in [-0.15, -0.1) is 0 Å². The first-order valence-electron chi connectivity index (χ1n) is 23.2. The van der Waals surface area contributed by atoms with E-state index >= 15 is 0 Å². The summed E-state index contributed by atoms with van der Waals surface area (Å²) in [6.07, 6.45) is 4.14. The summed E-state index contributed by atoms with van der Waals surface area (Å²) in [7, 11) is 3.32. The number of hydrogen-bond donors (Lipinski definition) is 10. The lowest BCUT2D eigenvalue weighted by atomic mass is 9.96. The van der Waals surface area contributed by atoms with Crippen molar-refractivity contribution in [3.8, 4) is 5.75 Å². The highest BCUT2D eigenvalue weighted by Gasteiger charge is 2.40. The molecule has 70 heavy (non-hydrogen) atoms. The number of aromatic hydroxyl groups is 1. The number of phenolic OH excluding ortho intramolecular Hbond substituents is 1. The summed E-state index contributed by atoms with van der Waals surface area (Å²) < 4.78 is 0. The van der Waals surface area contributed by atoms with Gasteiger partial charge in [0.05, 0.1) is 18.9 Å². The van der Waals surface area contributed by atoms with Gasteiger partial charge in [-0.1, -0.05) is 46.2 Å². The number of nitrogens with one attached hydrogen (secondary N) is 8. The molecule has 1 aromatic carbocycles. The third kappa shape index (κ3) is 18.4. The Labute approximate surface area is 406 Å². The number of aromatic nitrogens is 2. The maximum absolute atomic E-state index is 14.5. The molecule has 2 aromatic rings. The van der Waals surface area contributed by atoms with Crippen LogP contribution in [-0.2, 0) is 51.2 Å². The second-order valence-corrected chi connectivity index (χ2v) is 18.1. The number of likely N-dealkylation sites (tertiary alicyclic amines) is 1. The van der Waals surface area contributed by atoms with Gasteiger partial charge in [-0.2, -0.15) is 0 Å². The summed E-state index contributed by atoms with van der Waals surface area (Å²) in [5.74, 6) is -6.44. The average molecular weight is 983 g/mol. The zero-order valence-electron chi connectivity index (χ0n) is 41.1. The van der Waals surface area contributed by atoms with Crippen molar-refractivity contribution in [1.82, 2.24) is 57.0 Å². The smallest absolute Gasteiger partial charge is 0.266 e. The maximum Gasteiger partial charge on any atom is 0.266 e. The first kappa shape index (κ1) is 57.1. The van der Waals surface area contributed by atoms with Crippen LogP contribution in [0, 0.1) is 22.0 Å². The lowest BCUT2D eigenvalue weighted by Crippen LogP contribution is -2.62. The number of nitrogens with two attached hydrogens (primary N) is 1. The van der Waals surface area contributed by atoms with E-state index in [4.69, 9.17) is 5.73 Å². The maximum atomic E-state index is 14.5. The van der Waals surface area contributed by atoms with E-state index in [2.05, 4.69) is 52.3 Å². The van der Waals surface area contributed by atoms with Crippen molar-refractivity contribution in [2.24, 2.45) is 22.7 Å². The highest BCUT2D eigenvalue weighted by molar-refractivity contribution is 5.98. The standard InChI is InChI=1S/C45H70N14O11/c1-9-26(4)38(43(67)53-34(21-30-22-47-24-49-30)44(68)58-19-11-13-35(58)41(65)50-27(5)28(6)60)55-40(64)33(20-29-14-16-31(61)17-15-29)52-42(66)37(25(2)3)54-39(63)32(51-36(62)23-57(7)8)12-10-18-48-45(46)56-59(69)70/h14-17,22,24-27,32-35,37-38,61H,9-13,18-21,23H2,1-8H3,(H,47,49)(H,50,65)(H,51,62)(H,52,66)(H,53,67)(H,54,63)(H,55,64)(H3,46,48,56)/t26?,27-,32+,33+,34+,35?,37+,38+/m1/s1. The predicted octanol–water partition coefficient (Wildman–Crippen LogP) is -1.45. The van der Waals surface area contributed by atoms with Gasteiger partial charge >= 0.3 is 0 Å². The van der Waals surface area contributed by atoms with Crippen LogP contribution in [0.2, 0.25) is 0 Å². The van der Waals surface area contributed by atoms with Gasteiger partial charge in [0, 0.05) is 37.8 Å². The van der Waals surface area contributed by atoms with Gasteiger partial charge in [0.2, 0.25) is 41.4 Å². The Bertz CT molecular complexity index is 2150. The van der Waals surface area contributed by atoms with Crippen LogP contribution in [0.5, 0.6) is 5.75 Å². The molecule has 1 saturated heterocycles. The number of guanidine groups is 1.